The summed E-state index contributed by atoms with van der Waals surface area (Å²) in [6.07, 6.45) is 7.28. The topological polar surface area (TPSA) is 110 Å². The van der Waals surface area contributed by atoms with Crippen LogP contribution in [-0.2, 0) is 27.2 Å². The maximum absolute atomic E-state index is 12.3. The van der Waals surface area contributed by atoms with Crippen LogP contribution in [0.5, 0.6) is 28.7 Å². The number of allylic oxidation sites excluding steroid dienone is 2. The van der Waals surface area contributed by atoms with Gasteiger partial charge in [0.2, 0.25) is 5.75 Å². The average Bonchev–Trinajstić information content (AvgIpc) is 3.01. The molecule has 2 atom stereocenters. The number of aliphatic carboxylic acids is 1. The zero-order chi connectivity index (χ0) is 31.4. The van der Waals surface area contributed by atoms with Gasteiger partial charge in [0.15, 0.2) is 23.0 Å². The quantitative estimate of drug-likeness (QED) is 0.121. The molecule has 0 aromatic heterocycles. The van der Waals surface area contributed by atoms with Crippen LogP contribution in [-0.4, -0.2) is 83.8 Å². The molecule has 44 heavy (non-hydrogen) atoms. The molecular weight excluding hydrogens is 590 g/mol. The highest BCUT2D eigenvalue weighted by Crippen LogP contribution is 2.44. The van der Waals surface area contributed by atoms with Gasteiger partial charge in [-0.1, -0.05) is 12.2 Å². The van der Waals surface area contributed by atoms with Crippen LogP contribution >= 0.6 is 0 Å². The van der Waals surface area contributed by atoms with Crippen molar-refractivity contribution in [2.45, 2.75) is 51.0 Å². The number of methoxy groups -OCH3 is 5. The van der Waals surface area contributed by atoms with Crippen LogP contribution in [0.15, 0.2) is 36.4 Å². The molecule has 0 saturated heterocycles. The fourth-order valence-corrected chi connectivity index (χ4v) is 5.73. The minimum absolute atomic E-state index is 0. The number of carboxylic acid groups (broad SMARTS) is 1. The molecule has 0 radical (unpaired) electrons. The number of fused-ring (bicyclic) bond motifs is 1. The van der Waals surface area contributed by atoms with E-state index in [0.29, 0.717) is 61.0 Å². The minimum atomic E-state index is -0.831. The Morgan fingerprint density at radius 3 is 2.02 bits per heavy atom. The number of hydrogen-bond acceptors (Lipinski definition) is 8. The zero-order valence-electron chi connectivity index (χ0n) is 26.7. The molecule has 244 valence electrons. The summed E-state index contributed by atoms with van der Waals surface area (Å²) in [5, 5.41) is 8.70. The minimum Gasteiger partial charge on any atom is -1.00 e. The number of carboxylic acids is 1. The molecule has 0 bridgehead atoms. The summed E-state index contributed by atoms with van der Waals surface area (Å²) in [7, 11) is 10.4. The lowest BCUT2D eigenvalue weighted by Crippen LogP contribution is -3.00. The van der Waals surface area contributed by atoms with Crippen molar-refractivity contribution in [2.24, 2.45) is 0 Å². The van der Waals surface area contributed by atoms with E-state index in [2.05, 4.69) is 19.2 Å². The van der Waals surface area contributed by atoms with E-state index in [9.17, 15) is 9.59 Å². The SMILES string of the molecule is COc1cc2c(cc1OC)[C@@H](Cc1cc(OC)c(OC)c(OC)c1)[N@+](C)(CCCOC(=O)CC/C=C/CCC(=O)O)CC2.[Cl-]. The molecule has 1 heterocycles. The lowest BCUT2D eigenvalue weighted by molar-refractivity contribution is -0.941. The number of hydrogen-bond donors (Lipinski definition) is 1. The first-order valence-corrected chi connectivity index (χ1v) is 14.6. The van der Waals surface area contributed by atoms with E-state index >= 15 is 0 Å². The van der Waals surface area contributed by atoms with Crippen LogP contribution in [0.3, 0.4) is 0 Å². The number of likely N-dealkylation sites (N-methyl/N-ethyl adjacent to an activating group) is 1. The molecule has 2 aromatic carbocycles. The predicted octanol–water partition coefficient (Wildman–Crippen LogP) is 2.15. The van der Waals surface area contributed by atoms with Gasteiger partial charge in [-0.2, -0.15) is 0 Å². The molecule has 0 saturated carbocycles. The van der Waals surface area contributed by atoms with Gasteiger partial charge in [0.1, 0.15) is 6.04 Å². The molecule has 0 fully saturated rings. The van der Waals surface area contributed by atoms with Gasteiger partial charge in [0.25, 0.3) is 0 Å². The van der Waals surface area contributed by atoms with Crippen molar-refractivity contribution in [3.05, 3.63) is 53.1 Å². The van der Waals surface area contributed by atoms with Crippen molar-refractivity contribution in [3.63, 3.8) is 0 Å². The molecule has 1 aliphatic heterocycles. The number of benzene rings is 2. The van der Waals surface area contributed by atoms with Gasteiger partial charge in [0.05, 0.1) is 62.3 Å². The molecule has 0 spiro atoms. The molecule has 10 nitrogen and oxygen atoms in total. The van der Waals surface area contributed by atoms with Crippen molar-refractivity contribution in [1.29, 1.82) is 0 Å². The van der Waals surface area contributed by atoms with Crippen LogP contribution in [0.2, 0.25) is 0 Å². The average molecular weight is 636 g/mol. The van der Waals surface area contributed by atoms with E-state index in [-0.39, 0.29) is 37.3 Å². The molecule has 0 amide bonds. The molecule has 0 aliphatic carbocycles. The molecule has 11 heteroatoms. The van der Waals surface area contributed by atoms with Gasteiger partial charge in [0, 0.05) is 37.7 Å². The number of carbonyl (C=O) groups is 2. The van der Waals surface area contributed by atoms with E-state index in [4.69, 9.17) is 33.5 Å². The number of halogens is 1. The monoisotopic (exact) mass is 635 g/mol. The first-order valence-electron chi connectivity index (χ1n) is 14.6. The van der Waals surface area contributed by atoms with Crippen molar-refractivity contribution in [3.8, 4) is 28.7 Å². The lowest BCUT2D eigenvalue weighted by atomic mass is 9.86. The van der Waals surface area contributed by atoms with Crippen molar-refractivity contribution >= 4 is 11.9 Å². The fourth-order valence-electron chi connectivity index (χ4n) is 5.73. The van der Waals surface area contributed by atoms with Crippen LogP contribution in [0, 0.1) is 0 Å². The maximum atomic E-state index is 12.3. The van der Waals surface area contributed by atoms with Crippen LogP contribution < -0.4 is 36.1 Å². The van der Waals surface area contributed by atoms with Gasteiger partial charge >= 0.3 is 11.9 Å². The van der Waals surface area contributed by atoms with E-state index in [0.717, 1.165) is 29.6 Å². The summed E-state index contributed by atoms with van der Waals surface area (Å²) in [4.78, 5) is 22.9. The summed E-state index contributed by atoms with van der Waals surface area (Å²) in [5.41, 5.74) is 3.48. The number of carbonyl (C=O) groups excluding carboxylic acids is 1. The van der Waals surface area contributed by atoms with Crippen molar-refractivity contribution in [2.75, 3.05) is 62.3 Å². The largest absolute Gasteiger partial charge is 1.00 e. The van der Waals surface area contributed by atoms with E-state index in [1.54, 1.807) is 41.6 Å². The predicted molar refractivity (Wildman–Crippen MR) is 163 cm³/mol. The Labute approximate surface area is 266 Å². The summed E-state index contributed by atoms with van der Waals surface area (Å²) in [5.74, 6) is 2.10. The Balaban J connectivity index is 0.00000675. The van der Waals surface area contributed by atoms with Gasteiger partial charge in [-0.05, 0) is 48.2 Å². The second kappa shape index (κ2) is 17.6. The van der Waals surface area contributed by atoms with E-state index in [1.165, 1.54) is 11.1 Å². The number of rotatable bonds is 17. The fraction of sp³-hybridized carbons (Fsp3) is 0.515. The van der Waals surface area contributed by atoms with Gasteiger partial charge in [-0.15, -0.1) is 0 Å². The smallest absolute Gasteiger partial charge is 0.306 e. The third kappa shape index (κ3) is 9.43. The summed E-state index contributed by atoms with van der Waals surface area (Å²) >= 11 is 0. The molecule has 1 aliphatic rings. The molecular formula is C33H46ClNO9. The van der Waals surface area contributed by atoms with E-state index in [1.807, 2.05) is 18.2 Å². The molecule has 0 unspecified atom stereocenters. The summed E-state index contributed by atoms with van der Waals surface area (Å²) in [6, 6.07) is 8.25. The highest BCUT2D eigenvalue weighted by molar-refractivity contribution is 5.69. The zero-order valence-corrected chi connectivity index (χ0v) is 27.4. The first-order chi connectivity index (χ1) is 20.7. The number of nitrogens with zero attached hydrogens (tertiary/aromatic N) is 1. The summed E-state index contributed by atoms with van der Waals surface area (Å²) < 4.78 is 34.4. The standard InChI is InChI=1S/C33H45NO9.ClH/c1-34(15-11-17-43-32(37)13-10-8-7-9-12-31(35)36)16-14-24-21-27(38-2)28(39-3)22-25(24)26(34)18-23-19-29(40-4)33(42-6)30(20-23)41-5;/h7-8,19-22,26H,9-18H2,1-6H3;1H/b8-7+;/t26-,34-;/m1./s1. The third-order valence-corrected chi connectivity index (χ3v) is 8.09. The maximum Gasteiger partial charge on any atom is 0.306 e. The van der Waals surface area contributed by atoms with Crippen molar-refractivity contribution in [1.82, 2.24) is 0 Å². The second-order valence-electron chi connectivity index (χ2n) is 10.9. The molecule has 2 aromatic rings. The molecule has 1 N–H and O–H groups in total. The number of quaternary nitrogens is 1. The third-order valence-electron chi connectivity index (χ3n) is 8.09. The lowest BCUT2D eigenvalue weighted by Gasteiger charge is -2.46. The molecule has 3 rings (SSSR count). The van der Waals surface area contributed by atoms with Crippen LogP contribution in [0.25, 0.3) is 0 Å². The van der Waals surface area contributed by atoms with Crippen molar-refractivity contribution < 1.29 is 60.0 Å². The van der Waals surface area contributed by atoms with Crippen LogP contribution in [0.4, 0.5) is 0 Å². The van der Waals surface area contributed by atoms with Gasteiger partial charge < -0.3 is 50.4 Å². The first kappa shape index (κ1) is 36.6. The number of ether oxygens (including phenoxy) is 6. The van der Waals surface area contributed by atoms with Gasteiger partial charge in [-0.3, -0.25) is 9.59 Å². The highest BCUT2D eigenvalue weighted by Gasteiger charge is 2.40. The Morgan fingerprint density at radius 1 is 0.864 bits per heavy atom. The Morgan fingerprint density at radius 2 is 1.45 bits per heavy atom. The van der Waals surface area contributed by atoms with E-state index < -0.39 is 5.97 Å². The number of esters is 1. The van der Waals surface area contributed by atoms with Gasteiger partial charge in [-0.25, -0.2) is 0 Å². The Hall–Kier alpha value is -3.63. The second-order valence-corrected chi connectivity index (χ2v) is 10.9. The Kier molecular flexibility index (Phi) is 14.6. The Bertz CT molecular complexity index is 1260. The normalized spacial score (nSPS) is 17.3. The highest BCUT2D eigenvalue weighted by atomic mass is 35.5. The summed E-state index contributed by atoms with van der Waals surface area (Å²) in [6.45, 7) is 2.06. The van der Waals surface area contributed by atoms with Crippen LogP contribution in [0.1, 0.15) is 54.8 Å².